The van der Waals surface area contributed by atoms with Crippen molar-refractivity contribution < 1.29 is 4.74 Å². The van der Waals surface area contributed by atoms with E-state index in [0.29, 0.717) is 12.0 Å². The van der Waals surface area contributed by atoms with Crippen molar-refractivity contribution in [1.29, 1.82) is 0 Å². The van der Waals surface area contributed by atoms with Crippen LogP contribution in [0.25, 0.3) is 0 Å². The van der Waals surface area contributed by atoms with E-state index in [9.17, 15) is 0 Å². The van der Waals surface area contributed by atoms with Crippen molar-refractivity contribution in [3.8, 4) is 5.75 Å². The molecule has 0 radical (unpaired) electrons. The summed E-state index contributed by atoms with van der Waals surface area (Å²) in [5.41, 5.74) is 1.15. The average Bonchev–Trinajstić information content (AvgIpc) is 2.80. The molecule has 2 N–H and O–H groups in total. The molecular formula is C14H22N2O. The lowest BCUT2D eigenvalue weighted by molar-refractivity contribution is 0.271. The summed E-state index contributed by atoms with van der Waals surface area (Å²) in [6, 6.07) is 8.79. The highest BCUT2D eigenvalue weighted by atomic mass is 16.5. The first kappa shape index (κ1) is 12.2. The average molecular weight is 234 g/mol. The molecule has 1 saturated heterocycles. The van der Waals surface area contributed by atoms with Gasteiger partial charge in [0.1, 0.15) is 5.75 Å². The van der Waals surface area contributed by atoms with Crippen molar-refractivity contribution in [1.82, 2.24) is 5.32 Å². The zero-order valence-corrected chi connectivity index (χ0v) is 10.7. The van der Waals surface area contributed by atoms with Crippen LogP contribution in [-0.2, 0) is 0 Å². The van der Waals surface area contributed by atoms with Gasteiger partial charge < -0.3 is 15.4 Å². The van der Waals surface area contributed by atoms with Crippen LogP contribution in [0, 0.1) is 5.92 Å². The molecule has 94 valence electrons. The summed E-state index contributed by atoms with van der Waals surface area (Å²) in [4.78, 5) is 0. The molecular weight excluding hydrogens is 212 g/mol. The summed E-state index contributed by atoms with van der Waals surface area (Å²) in [6.45, 7) is 7.26. The van der Waals surface area contributed by atoms with Gasteiger partial charge in [0, 0.05) is 24.3 Å². The van der Waals surface area contributed by atoms with Crippen LogP contribution in [0.2, 0.25) is 0 Å². The summed E-state index contributed by atoms with van der Waals surface area (Å²) in [6.07, 6.45) is 1.19. The van der Waals surface area contributed by atoms with Crippen molar-refractivity contribution in [3.05, 3.63) is 24.3 Å². The number of hydrogen-bond acceptors (Lipinski definition) is 3. The predicted octanol–water partition coefficient (Wildman–Crippen LogP) is 2.50. The molecule has 17 heavy (non-hydrogen) atoms. The largest absolute Gasteiger partial charge is 0.493 e. The lowest BCUT2D eigenvalue weighted by Crippen LogP contribution is -2.22. The fourth-order valence-corrected chi connectivity index (χ4v) is 1.95. The van der Waals surface area contributed by atoms with Gasteiger partial charge in [-0.1, -0.05) is 19.9 Å². The zero-order valence-electron chi connectivity index (χ0n) is 10.7. The quantitative estimate of drug-likeness (QED) is 0.821. The minimum Gasteiger partial charge on any atom is -0.493 e. The molecule has 3 heteroatoms. The minimum atomic E-state index is 0.551. The number of ether oxygens (including phenoxy) is 1. The maximum atomic E-state index is 5.72. The Kier molecular flexibility index (Phi) is 4.26. The summed E-state index contributed by atoms with van der Waals surface area (Å²) in [5.74, 6) is 1.51. The van der Waals surface area contributed by atoms with Crippen LogP contribution in [0.1, 0.15) is 20.3 Å². The third kappa shape index (κ3) is 3.93. The van der Waals surface area contributed by atoms with Crippen molar-refractivity contribution in [2.45, 2.75) is 26.3 Å². The van der Waals surface area contributed by atoms with Crippen molar-refractivity contribution in [2.75, 3.05) is 25.0 Å². The van der Waals surface area contributed by atoms with E-state index in [1.165, 1.54) is 6.42 Å². The molecule has 1 unspecified atom stereocenters. The second kappa shape index (κ2) is 5.92. The Labute approximate surface area is 104 Å². The molecule has 2 rings (SSSR count). The number of anilines is 1. The maximum absolute atomic E-state index is 5.72. The summed E-state index contributed by atoms with van der Waals surface area (Å²) in [7, 11) is 0. The second-order valence-electron chi connectivity index (χ2n) is 5.07. The molecule has 3 nitrogen and oxygen atoms in total. The molecule has 1 heterocycles. The van der Waals surface area contributed by atoms with Crippen LogP contribution >= 0.6 is 0 Å². The molecule has 1 aromatic rings. The monoisotopic (exact) mass is 234 g/mol. The first-order valence-corrected chi connectivity index (χ1v) is 6.44. The van der Waals surface area contributed by atoms with E-state index in [4.69, 9.17) is 4.74 Å². The molecule has 1 fully saturated rings. The van der Waals surface area contributed by atoms with Crippen LogP contribution in [0.4, 0.5) is 5.69 Å². The Bertz CT molecular complexity index is 346. The van der Waals surface area contributed by atoms with E-state index < -0.39 is 0 Å². The predicted molar refractivity (Wildman–Crippen MR) is 71.7 cm³/mol. The molecule has 0 saturated carbocycles. The smallest absolute Gasteiger partial charge is 0.121 e. The fraction of sp³-hybridized carbons (Fsp3) is 0.571. The zero-order chi connectivity index (χ0) is 12.1. The lowest BCUT2D eigenvalue weighted by Gasteiger charge is -2.14. The van der Waals surface area contributed by atoms with Gasteiger partial charge in [-0.25, -0.2) is 0 Å². The van der Waals surface area contributed by atoms with Gasteiger partial charge >= 0.3 is 0 Å². The number of rotatable bonds is 5. The third-order valence-corrected chi connectivity index (χ3v) is 2.85. The normalized spacial score (nSPS) is 19.6. The van der Waals surface area contributed by atoms with Gasteiger partial charge in [-0.3, -0.25) is 0 Å². The minimum absolute atomic E-state index is 0.551. The molecule has 0 amide bonds. The van der Waals surface area contributed by atoms with E-state index in [1.807, 2.05) is 12.1 Å². The Balaban J connectivity index is 1.91. The van der Waals surface area contributed by atoms with Crippen LogP contribution in [-0.4, -0.2) is 25.7 Å². The topological polar surface area (TPSA) is 33.3 Å². The summed E-state index contributed by atoms with van der Waals surface area (Å²) >= 11 is 0. The van der Waals surface area contributed by atoms with Gasteiger partial charge in [-0.15, -0.1) is 0 Å². The Morgan fingerprint density at radius 2 is 2.35 bits per heavy atom. The Morgan fingerprint density at radius 3 is 3.06 bits per heavy atom. The van der Waals surface area contributed by atoms with Crippen molar-refractivity contribution in [3.63, 3.8) is 0 Å². The highest BCUT2D eigenvalue weighted by molar-refractivity contribution is 5.49. The fourth-order valence-electron chi connectivity index (χ4n) is 1.95. The molecule has 1 aromatic carbocycles. The van der Waals surface area contributed by atoms with Crippen molar-refractivity contribution >= 4 is 5.69 Å². The van der Waals surface area contributed by atoms with E-state index in [2.05, 4.69) is 36.6 Å². The number of benzene rings is 1. The van der Waals surface area contributed by atoms with Gasteiger partial charge in [0.25, 0.3) is 0 Å². The standard InChI is InChI=1S/C14H22N2O/c1-11(2)10-17-14-5-3-4-12(8-14)16-13-6-7-15-9-13/h3-5,8,11,13,15-16H,6-7,9-10H2,1-2H3. The Hall–Kier alpha value is -1.22. The molecule has 0 aromatic heterocycles. The Morgan fingerprint density at radius 1 is 1.47 bits per heavy atom. The second-order valence-corrected chi connectivity index (χ2v) is 5.07. The molecule has 1 atom stereocenters. The molecule has 0 aliphatic carbocycles. The number of nitrogens with one attached hydrogen (secondary N) is 2. The molecule has 0 bridgehead atoms. The van der Waals surface area contributed by atoms with Gasteiger partial charge in [0.15, 0.2) is 0 Å². The van der Waals surface area contributed by atoms with Crippen LogP contribution < -0.4 is 15.4 Å². The van der Waals surface area contributed by atoms with Gasteiger partial charge in [0.2, 0.25) is 0 Å². The van der Waals surface area contributed by atoms with Crippen molar-refractivity contribution in [2.24, 2.45) is 5.92 Å². The molecule has 0 spiro atoms. The van der Waals surface area contributed by atoms with Gasteiger partial charge in [0.05, 0.1) is 6.61 Å². The van der Waals surface area contributed by atoms with E-state index in [-0.39, 0.29) is 0 Å². The van der Waals surface area contributed by atoms with Gasteiger partial charge in [-0.05, 0) is 31.0 Å². The SMILES string of the molecule is CC(C)COc1cccc(NC2CCNC2)c1. The third-order valence-electron chi connectivity index (χ3n) is 2.85. The van der Waals surface area contributed by atoms with E-state index in [0.717, 1.165) is 31.1 Å². The highest BCUT2D eigenvalue weighted by Gasteiger charge is 2.13. The lowest BCUT2D eigenvalue weighted by atomic mass is 10.2. The maximum Gasteiger partial charge on any atom is 0.121 e. The summed E-state index contributed by atoms with van der Waals surface area (Å²) < 4.78 is 5.72. The molecule has 1 aliphatic heterocycles. The first-order chi connectivity index (χ1) is 8.24. The van der Waals surface area contributed by atoms with Crippen LogP contribution in [0.3, 0.4) is 0 Å². The number of hydrogen-bond donors (Lipinski definition) is 2. The van der Waals surface area contributed by atoms with Gasteiger partial charge in [-0.2, -0.15) is 0 Å². The first-order valence-electron chi connectivity index (χ1n) is 6.44. The van der Waals surface area contributed by atoms with E-state index in [1.54, 1.807) is 0 Å². The summed E-state index contributed by atoms with van der Waals surface area (Å²) in [5, 5.41) is 6.88. The van der Waals surface area contributed by atoms with Crippen LogP contribution in [0.15, 0.2) is 24.3 Å². The highest BCUT2D eigenvalue weighted by Crippen LogP contribution is 2.19. The van der Waals surface area contributed by atoms with Crippen LogP contribution in [0.5, 0.6) is 5.75 Å². The van der Waals surface area contributed by atoms with E-state index >= 15 is 0 Å². The molecule has 1 aliphatic rings.